The van der Waals surface area contributed by atoms with E-state index in [4.69, 9.17) is 0 Å². The summed E-state index contributed by atoms with van der Waals surface area (Å²) in [4.78, 5) is 44.1. The lowest BCUT2D eigenvalue weighted by molar-refractivity contribution is -0.137. The number of anilines is 1. The molecule has 0 spiro atoms. The summed E-state index contributed by atoms with van der Waals surface area (Å²) >= 11 is 1.11. The number of aromatic nitrogens is 1. The lowest BCUT2D eigenvalue weighted by atomic mass is 10.0. The average Bonchev–Trinajstić information content (AvgIpc) is 3.62. The number of benzene rings is 3. The van der Waals surface area contributed by atoms with Gasteiger partial charge in [0, 0.05) is 42.2 Å². The molecule has 0 fully saturated rings. The molecular weight excluding hydrogens is 666 g/mol. The van der Waals surface area contributed by atoms with Crippen LogP contribution < -0.4 is 14.9 Å². The zero-order valence-electron chi connectivity index (χ0n) is 25.4. The molecule has 0 aliphatic carbocycles. The van der Waals surface area contributed by atoms with Crippen molar-refractivity contribution in [1.29, 1.82) is 0 Å². The van der Waals surface area contributed by atoms with E-state index < -0.39 is 39.5 Å². The van der Waals surface area contributed by atoms with Gasteiger partial charge in [0.15, 0.2) is 0 Å². The van der Waals surface area contributed by atoms with E-state index in [0.29, 0.717) is 22.4 Å². The summed E-state index contributed by atoms with van der Waals surface area (Å²) < 4.78 is 67.4. The van der Waals surface area contributed by atoms with E-state index in [2.05, 4.69) is 15.0 Å². The Morgan fingerprint density at radius 1 is 0.896 bits per heavy atom. The van der Waals surface area contributed by atoms with E-state index in [0.717, 1.165) is 29.0 Å². The summed E-state index contributed by atoms with van der Waals surface area (Å²) in [7, 11) is -2.74. The van der Waals surface area contributed by atoms with Crippen LogP contribution in [0.2, 0.25) is 0 Å². The standard InChI is InChI=1S/C34H27F3N4O5S2/c1-21-8-15-30(48(45,46)40-32(43)29-7-4-16-47-29)27(17-21)24-11-14-28(38-20-24)33(44)41(2)26-12-9-23(10-13-26)31(42)39-19-22-5-3-6-25(18-22)34(35,36)37/h3-18,20H,19H2,1-2H3,(H,39,42)(H,40,43). The number of thiophene rings is 1. The monoisotopic (exact) mass is 692 g/mol. The normalized spacial score (nSPS) is 11.5. The fourth-order valence-electron chi connectivity index (χ4n) is 4.69. The molecule has 0 saturated heterocycles. The molecule has 9 nitrogen and oxygen atoms in total. The SMILES string of the molecule is Cc1ccc(S(=O)(=O)NC(=O)c2cccs2)c(-c2ccc(C(=O)N(C)c3ccc(C(=O)NCc4cccc(C(F)(F)F)c4)cc3)nc2)c1. The average molecular weight is 693 g/mol. The third-order valence-corrected chi connectivity index (χ3v) is 9.48. The minimum absolute atomic E-state index is 0.0622. The first kappa shape index (κ1) is 34.0. The molecule has 0 aliphatic rings. The Labute approximate surface area is 278 Å². The summed E-state index contributed by atoms with van der Waals surface area (Å²) in [6.07, 6.45) is -3.12. The fraction of sp³-hybridized carbons (Fsp3) is 0.118. The third-order valence-electron chi connectivity index (χ3n) is 7.22. The second-order valence-electron chi connectivity index (χ2n) is 10.6. The van der Waals surface area contributed by atoms with Crippen molar-refractivity contribution in [2.75, 3.05) is 11.9 Å². The minimum atomic E-state index is -4.49. The van der Waals surface area contributed by atoms with E-state index in [1.807, 2.05) is 0 Å². The first-order chi connectivity index (χ1) is 22.7. The molecule has 2 aromatic heterocycles. The molecule has 0 bridgehead atoms. The van der Waals surface area contributed by atoms with Gasteiger partial charge in [-0.25, -0.2) is 13.1 Å². The number of carbonyl (C=O) groups excluding carboxylic acids is 3. The number of alkyl halides is 3. The van der Waals surface area contributed by atoms with Crippen LogP contribution >= 0.6 is 11.3 Å². The highest BCUT2D eigenvalue weighted by Crippen LogP contribution is 2.30. The van der Waals surface area contributed by atoms with Crippen LogP contribution in [0, 0.1) is 6.92 Å². The number of hydrogen-bond acceptors (Lipinski definition) is 7. The van der Waals surface area contributed by atoms with Crippen molar-refractivity contribution < 1.29 is 36.0 Å². The van der Waals surface area contributed by atoms with Crippen LogP contribution in [-0.4, -0.2) is 38.2 Å². The number of aryl methyl sites for hydroxylation is 1. The maximum atomic E-state index is 13.2. The molecule has 3 aromatic carbocycles. The van der Waals surface area contributed by atoms with Crippen molar-refractivity contribution in [2.45, 2.75) is 24.5 Å². The smallest absolute Gasteiger partial charge is 0.348 e. The highest BCUT2D eigenvalue weighted by atomic mass is 32.2. The van der Waals surface area contributed by atoms with Gasteiger partial charge < -0.3 is 10.2 Å². The number of pyridine rings is 1. The summed E-state index contributed by atoms with van der Waals surface area (Å²) in [5.74, 6) is -1.74. The van der Waals surface area contributed by atoms with Crippen LogP contribution in [0.5, 0.6) is 0 Å². The number of amides is 3. The Morgan fingerprint density at radius 2 is 1.65 bits per heavy atom. The maximum absolute atomic E-state index is 13.2. The van der Waals surface area contributed by atoms with E-state index in [1.165, 1.54) is 60.6 Å². The van der Waals surface area contributed by atoms with Gasteiger partial charge in [0.1, 0.15) is 5.69 Å². The fourth-order valence-corrected chi connectivity index (χ4v) is 6.55. The second kappa shape index (κ2) is 13.8. The molecule has 5 rings (SSSR count). The van der Waals surface area contributed by atoms with Gasteiger partial charge in [-0.05, 0) is 72.5 Å². The molecule has 14 heteroatoms. The van der Waals surface area contributed by atoms with Gasteiger partial charge in [0.25, 0.3) is 27.7 Å². The highest BCUT2D eigenvalue weighted by molar-refractivity contribution is 7.90. The Balaban J connectivity index is 1.26. The quantitative estimate of drug-likeness (QED) is 0.183. The molecule has 5 aromatic rings. The number of rotatable bonds is 9. The molecule has 0 radical (unpaired) electrons. The maximum Gasteiger partial charge on any atom is 0.416 e. The molecule has 0 atom stereocenters. The Kier molecular flexibility index (Phi) is 9.77. The van der Waals surface area contributed by atoms with Crippen LogP contribution in [0.1, 0.15) is 47.2 Å². The van der Waals surface area contributed by atoms with Crippen molar-refractivity contribution in [3.05, 3.63) is 135 Å². The molecule has 2 N–H and O–H groups in total. The van der Waals surface area contributed by atoms with Crippen LogP contribution in [0.3, 0.4) is 0 Å². The molecule has 0 aliphatic heterocycles. The lowest BCUT2D eigenvalue weighted by Crippen LogP contribution is -2.30. The van der Waals surface area contributed by atoms with Gasteiger partial charge >= 0.3 is 6.18 Å². The second-order valence-corrected chi connectivity index (χ2v) is 13.2. The van der Waals surface area contributed by atoms with Gasteiger partial charge in [-0.2, -0.15) is 13.2 Å². The van der Waals surface area contributed by atoms with Gasteiger partial charge in [-0.1, -0.05) is 42.0 Å². The molecule has 2 heterocycles. The minimum Gasteiger partial charge on any atom is -0.348 e. The largest absolute Gasteiger partial charge is 0.416 e. The summed E-state index contributed by atoms with van der Waals surface area (Å²) in [5, 5.41) is 4.25. The Morgan fingerprint density at radius 3 is 2.29 bits per heavy atom. The van der Waals surface area contributed by atoms with Crippen molar-refractivity contribution in [3.8, 4) is 11.1 Å². The van der Waals surface area contributed by atoms with Gasteiger partial charge in [0.2, 0.25) is 0 Å². The summed E-state index contributed by atoms with van der Waals surface area (Å²) in [5.41, 5.74) is 1.69. The molecular formula is C34H27F3N4O5S2. The summed E-state index contributed by atoms with van der Waals surface area (Å²) in [6.45, 7) is 1.68. The number of nitrogens with zero attached hydrogens (tertiary/aromatic N) is 2. The first-order valence-electron chi connectivity index (χ1n) is 14.2. The van der Waals surface area contributed by atoms with Crippen LogP contribution in [0.15, 0.2) is 107 Å². The highest BCUT2D eigenvalue weighted by Gasteiger charge is 2.30. The van der Waals surface area contributed by atoms with E-state index in [9.17, 15) is 36.0 Å². The predicted octanol–water partition coefficient (Wildman–Crippen LogP) is 6.46. The van der Waals surface area contributed by atoms with E-state index in [1.54, 1.807) is 48.7 Å². The molecule has 0 saturated carbocycles. The predicted molar refractivity (Wildman–Crippen MR) is 175 cm³/mol. The van der Waals surface area contributed by atoms with Gasteiger partial charge in [-0.3, -0.25) is 19.4 Å². The number of carbonyl (C=O) groups is 3. The first-order valence-corrected chi connectivity index (χ1v) is 16.6. The third kappa shape index (κ3) is 7.78. The van der Waals surface area contributed by atoms with Gasteiger partial charge in [0.05, 0.1) is 15.3 Å². The van der Waals surface area contributed by atoms with Crippen molar-refractivity contribution in [2.24, 2.45) is 0 Å². The zero-order valence-corrected chi connectivity index (χ0v) is 27.0. The van der Waals surface area contributed by atoms with Crippen LogP contribution in [-0.2, 0) is 22.7 Å². The number of hydrogen-bond donors (Lipinski definition) is 2. The molecule has 3 amide bonds. The molecule has 48 heavy (non-hydrogen) atoms. The number of halogens is 3. The Bertz CT molecular complexity index is 2080. The molecule has 0 unspecified atom stereocenters. The zero-order chi connectivity index (χ0) is 34.6. The van der Waals surface area contributed by atoms with E-state index >= 15 is 0 Å². The van der Waals surface area contributed by atoms with E-state index in [-0.39, 0.29) is 27.6 Å². The number of nitrogens with one attached hydrogen (secondary N) is 2. The number of sulfonamides is 1. The Hall–Kier alpha value is -5.34. The molecule has 246 valence electrons. The van der Waals surface area contributed by atoms with Crippen molar-refractivity contribution in [3.63, 3.8) is 0 Å². The summed E-state index contributed by atoms with van der Waals surface area (Å²) in [6, 6.07) is 21.5. The van der Waals surface area contributed by atoms with Crippen molar-refractivity contribution >= 4 is 44.8 Å². The lowest BCUT2D eigenvalue weighted by Gasteiger charge is -2.18. The van der Waals surface area contributed by atoms with Crippen LogP contribution in [0.25, 0.3) is 11.1 Å². The topological polar surface area (TPSA) is 126 Å². The van der Waals surface area contributed by atoms with Crippen LogP contribution in [0.4, 0.5) is 18.9 Å². The van der Waals surface area contributed by atoms with Crippen molar-refractivity contribution in [1.82, 2.24) is 15.0 Å². The van der Waals surface area contributed by atoms with Gasteiger partial charge in [-0.15, -0.1) is 11.3 Å².